The molecule has 47 heavy (non-hydrogen) atoms. The van der Waals surface area contributed by atoms with Gasteiger partial charge in [-0.25, -0.2) is 0 Å². The molecule has 0 aliphatic heterocycles. The van der Waals surface area contributed by atoms with E-state index in [1.54, 1.807) is 0 Å². The Morgan fingerprint density at radius 1 is 0.383 bits per heavy atom. The molecule has 0 spiro atoms. The number of fused-ring (bicyclic) bond motifs is 4. The largest absolute Gasteiger partial charge is 0.309 e. The first-order valence-corrected chi connectivity index (χ1v) is 16.1. The van der Waals surface area contributed by atoms with Gasteiger partial charge in [-0.05, 0) is 108 Å². The van der Waals surface area contributed by atoms with Gasteiger partial charge in [-0.15, -0.1) is 0 Å². The van der Waals surface area contributed by atoms with Crippen molar-refractivity contribution in [1.29, 1.82) is 0 Å². The van der Waals surface area contributed by atoms with Gasteiger partial charge >= 0.3 is 0 Å². The number of benzene rings is 8. The molecule has 10 rings (SSSR count). The topological polar surface area (TPSA) is 17.8 Å². The van der Waals surface area contributed by atoms with Crippen molar-refractivity contribution in [1.82, 2.24) is 9.55 Å². The lowest BCUT2D eigenvalue weighted by Crippen LogP contribution is -1.94. The second-order valence-electron chi connectivity index (χ2n) is 12.4. The van der Waals surface area contributed by atoms with Gasteiger partial charge in [0.25, 0.3) is 0 Å². The standard InChI is InChI=1S/C45H28N2/c1-4-10-29(11-5-1)33-24-34(30-12-6-2-7-13-30)26-35(25-33)37-19-16-31-17-21-39-44-32(18-20-38(37)43(31)44)27-42-45(39)40-28-46-23-22-41(40)47(42)36-14-8-3-9-15-36/h1-28H. The third kappa shape index (κ3) is 3.95. The Morgan fingerprint density at radius 3 is 1.70 bits per heavy atom. The Bertz CT molecular complexity index is 2700. The fourth-order valence-corrected chi connectivity index (χ4v) is 7.71. The zero-order chi connectivity index (χ0) is 30.9. The van der Waals surface area contributed by atoms with Crippen LogP contribution in [0, 0.1) is 0 Å². The van der Waals surface area contributed by atoms with Gasteiger partial charge in [0, 0.05) is 28.9 Å². The van der Waals surface area contributed by atoms with E-state index in [1.807, 2.05) is 12.4 Å². The number of hydrogen-bond donors (Lipinski definition) is 0. The van der Waals surface area contributed by atoms with E-state index < -0.39 is 0 Å². The Labute approximate surface area is 272 Å². The summed E-state index contributed by atoms with van der Waals surface area (Å²) in [6.45, 7) is 0. The molecule has 0 fully saturated rings. The molecule has 0 N–H and O–H groups in total. The summed E-state index contributed by atoms with van der Waals surface area (Å²) < 4.78 is 2.38. The summed E-state index contributed by atoms with van der Waals surface area (Å²) in [5.41, 5.74) is 10.9. The summed E-state index contributed by atoms with van der Waals surface area (Å²) in [7, 11) is 0. The fourth-order valence-electron chi connectivity index (χ4n) is 7.71. The molecule has 0 aliphatic rings. The minimum absolute atomic E-state index is 1.15. The lowest BCUT2D eigenvalue weighted by atomic mass is 9.87. The van der Waals surface area contributed by atoms with Crippen LogP contribution in [0.1, 0.15) is 0 Å². The molecular formula is C45H28N2. The maximum atomic E-state index is 4.59. The van der Waals surface area contributed by atoms with Crippen molar-refractivity contribution in [3.63, 3.8) is 0 Å². The van der Waals surface area contributed by atoms with Crippen molar-refractivity contribution < 1.29 is 0 Å². The molecular weight excluding hydrogens is 569 g/mol. The SMILES string of the molecule is c1ccc(-c2cc(-c3ccccc3)cc(-c3ccc4ccc5c6c(ccc3c46)cc3c5c4cnccc4n3-c3ccccc3)c2)cc1. The molecule has 2 heteroatoms. The minimum Gasteiger partial charge on any atom is -0.309 e. The predicted molar refractivity (Wildman–Crippen MR) is 199 cm³/mol. The number of hydrogen-bond acceptors (Lipinski definition) is 1. The Kier molecular flexibility index (Phi) is 5.61. The van der Waals surface area contributed by atoms with E-state index in [9.17, 15) is 0 Å². The fraction of sp³-hybridized carbons (Fsp3) is 0. The van der Waals surface area contributed by atoms with Crippen LogP contribution in [-0.4, -0.2) is 9.55 Å². The van der Waals surface area contributed by atoms with Gasteiger partial charge in [0.1, 0.15) is 0 Å². The maximum absolute atomic E-state index is 4.59. The molecule has 0 amide bonds. The summed E-state index contributed by atoms with van der Waals surface area (Å²) >= 11 is 0. The van der Waals surface area contributed by atoms with Gasteiger partial charge in [-0.3, -0.25) is 4.98 Å². The highest BCUT2D eigenvalue weighted by molar-refractivity contribution is 6.34. The first-order valence-electron chi connectivity index (χ1n) is 16.1. The Morgan fingerprint density at radius 2 is 0.979 bits per heavy atom. The molecule has 0 aliphatic carbocycles. The number of pyridine rings is 1. The molecule has 218 valence electrons. The van der Waals surface area contributed by atoms with Crippen LogP contribution in [0.15, 0.2) is 170 Å². The molecule has 0 atom stereocenters. The van der Waals surface area contributed by atoms with Crippen LogP contribution in [0.3, 0.4) is 0 Å². The average Bonchev–Trinajstić information content (AvgIpc) is 3.48. The van der Waals surface area contributed by atoms with Crippen LogP contribution in [0.4, 0.5) is 0 Å². The average molecular weight is 597 g/mol. The van der Waals surface area contributed by atoms with Gasteiger partial charge in [0.2, 0.25) is 0 Å². The lowest BCUT2D eigenvalue weighted by Gasteiger charge is -2.17. The lowest BCUT2D eigenvalue weighted by molar-refractivity contribution is 1.18. The van der Waals surface area contributed by atoms with Crippen molar-refractivity contribution in [2.24, 2.45) is 0 Å². The van der Waals surface area contributed by atoms with Crippen molar-refractivity contribution >= 4 is 54.1 Å². The highest BCUT2D eigenvalue weighted by Crippen LogP contribution is 2.45. The van der Waals surface area contributed by atoms with Gasteiger partial charge in [-0.1, -0.05) is 115 Å². The van der Waals surface area contributed by atoms with Crippen LogP contribution < -0.4 is 0 Å². The van der Waals surface area contributed by atoms with Crippen LogP contribution in [0.5, 0.6) is 0 Å². The minimum atomic E-state index is 1.15. The molecule has 0 unspecified atom stereocenters. The highest BCUT2D eigenvalue weighted by atomic mass is 15.0. The molecule has 8 aromatic carbocycles. The summed E-state index contributed by atoms with van der Waals surface area (Å²) in [6, 6.07) is 57.5. The molecule has 10 aromatic rings. The quantitative estimate of drug-likeness (QED) is 0.185. The third-order valence-electron chi connectivity index (χ3n) is 9.78. The molecule has 2 heterocycles. The van der Waals surface area contributed by atoms with E-state index in [0.717, 1.165) is 5.69 Å². The number of aromatic nitrogens is 2. The highest BCUT2D eigenvalue weighted by Gasteiger charge is 2.20. The predicted octanol–water partition coefficient (Wildman–Crippen LogP) is 12.1. The van der Waals surface area contributed by atoms with Gasteiger partial charge < -0.3 is 4.57 Å². The van der Waals surface area contributed by atoms with Gasteiger partial charge in [-0.2, -0.15) is 0 Å². The number of rotatable bonds is 4. The number of nitrogens with zero attached hydrogens (tertiary/aromatic N) is 2. The first-order chi connectivity index (χ1) is 23.3. The normalized spacial score (nSPS) is 11.8. The summed E-state index contributed by atoms with van der Waals surface area (Å²) in [5.74, 6) is 0. The van der Waals surface area contributed by atoms with Crippen LogP contribution in [0.2, 0.25) is 0 Å². The maximum Gasteiger partial charge on any atom is 0.0572 e. The van der Waals surface area contributed by atoms with Crippen molar-refractivity contribution in [2.45, 2.75) is 0 Å². The van der Waals surface area contributed by atoms with Crippen molar-refractivity contribution in [3.05, 3.63) is 170 Å². The van der Waals surface area contributed by atoms with E-state index in [2.05, 4.69) is 167 Å². The van der Waals surface area contributed by atoms with E-state index in [-0.39, 0.29) is 0 Å². The van der Waals surface area contributed by atoms with Gasteiger partial charge in [0.05, 0.1) is 11.0 Å². The summed E-state index contributed by atoms with van der Waals surface area (Å²) in [4.78, 5) is 4.59. The van der Waals surface area contributed by atoms with Crippen molar-refractivity contribution in [2.75, 3.05) is 0 Å². The van der Waals surface area contributed by atoms with E-state index in [0.29, 0.717) is 0 Å². The van der Waals surface area contributed by atoms with Crippen LogP contribution in [0.25, 0.3) is 93.2 Å². The second kappa shape index (κ2) is 10.1. The van der Waals surface area contributed by atoms with E-state index in [1.165, 1.54) is 87.5 Å². The zero-order valence-electron chi connectivity index (χ0n) is 25.6. The van der Waals surface area contributed by atoms with E-state index in [4.69, 9.17) is 0 Å². The Hall–Kier alpha value is -6.25. The van der Waals surface area contributed by atoms with Crippen LogP contribution >= 0.6 is 0 Å². The van der Waals surface area contributed by atoms with Crippen molar-refractivity contribution in [3.8, 4) is 39.1 Å². The second-order valence-corrected chi connectivity index (χ2v) is 12.4. The summed E-state index contributed by atoms with van der Waals surface area (Å²) in [5, 5.41) is 10.1. The molecule has 2 aromatic heterocycles. The molecule has 0 radical (unpaired) electrons. The van der Waals surface area contributed by atoms with Crippen LogP contribution in [-0.2, 0) is 0 Å². The zero-order valence-corrected chi connectivity index (χ0v) is 25.6. The summed E-state index contributed by atoms with van der Waals surface area (Å²) in [6.07, 6.45) is 3.92. The third-order valence-corrected chi connectivity index (χ3v) is 9.78. The molecule has 0 saturated carbocycles. The molecule has 2 nitrogen and oxygen atoms in total. The molecule has 0 bridgehead atoms. The van der Waals surface area contributed by atoms with Gasteiger partial charge in [0.15, 0.2) is 0 Å². The smallest absolute Gasteiger partial charge is 0.0572 e. The monoisotopic (exact) mass is 596 g/mol. The molecule has 0 saturated heterocycles. The number of para-hydroxylation sites is 1. The first kappa shape index (κ1) is 26.0. The van der Waals surface area contributed by atoms with E-state index >= 15 is 0 Å². The Balaban J connectivity index is 1.28.